The van der Waals surface area contributed by atoms with Crippen LogP contribution in [0, 0.1) is 6.92 Å². The van der Waals surface area contributed by atoms with E-state index in [0.29, 0.717) is 12.2 Å². The number of nitrogens with two attached hydrogens (primary N) is 1. The van der Waals surface area contributed by atoms with Crippen LogP contribution in [-0.4, -0.2) is 18.0 Å². The van der Waals surface area contributed by atoms with Gasteiger partial charge in [0, 0.05) is 6.20 Å². The Kier molecular flexibility index (Phi) is 3.58. The number of nitrogens with zero attached hydrogens (tertiary/aromatic N) is 1. The molecule has 5 nitrogen and oxygen atoms in total. The zero-order chi connectivity index (χ0) is 15.7. The van der Waals surface area contributed by atoms with Crippen molar-refractivity contribution in [1.29, 1.82) is 0 Å². The summed E-state index contributed by atoms with van der Waals surface area (Å²) in [5.74, 6) is 1.06. The zero-order valence-corrected chi connectivity index (χ0v) is 12.7. The lowest BCUT2D eigenvalue weighted by Gasteiger charge is -2.24. The molecule has 1 aliphatic rings. The Bertz CT molecular complexity index is 730. The van der Waals surface area contributed by atoms with Gasteiger partial charge in [-0.05, 0) is 54.7 Å². The minimum Gasteiger partial charge on any atom is -0.496 e. The van der Waals surface area contributed by atoms with Crippen molar-refractivity contribution in [3.63, 3.8) is 0 Å². The van der Waals surface area contributed by atoms with E-state index in [0.717, 1.165) is 28.9 Å². The molecule has 3 N–H and O–H groups in total. The van der Waals surface area contributed by atoms with E-state index in [2.05, 4.69) is 10.3 Å². The van der Waals surface area contributed by atoms with Gasteiger partial charge in [0.15, 0.2) is 0 Å². The highest BCUT2D eigenvalue weighted by molar-refractivity contribution is 5.99. The molecule has 1 amide bonds. The molecule has 1 atom stereocenters. The highest BCUT2D eigenvalue weighted by atomic mass is 16.5. The maximum atomic E-state index is 12.7. The summed E-state index contributed by atoms with van der Waals surface area (Å²) < 4.78 is 5.36. The van der Waals surface area contributed by atoms with Gasteiger partial charge < -0.3 is 15.8 Å². The fourth-order valence-corrected chi connectivity index (χ4v) is 2.96. The number of carbonyl (C=O) groups excluding carboxylic acids is 1. The van der Waals surface area contributed by atoms with E-state index >= 15 is 0 Å². The van der Waals surface area contributed by atoms with Gasteiger partial charge in [0.1, 0.15) is 17.1 Å². The standard InChI is InChI=1S/C17H19N3O2/c1-11-7-9-19-15(10-11)20-16(21)17(18)8-6-12-13(17)4-3-5-14(12)22-2/h3-5,7,9-10H,6,8,18H2,1-2H3,(H,19,20,21). The molecular formula is C17H19N3O2. The molecule has 0 bridgehead atoms. The smallest absolute Gasteiger partial charge is 0.250 e. The van der Waals surface area contributed by atoms with Crippen molar-refractivity contribution < 1.29 is 9.53 Å². The molecule has 0 saturated carbocycles. The van der Waals surface area contributed by atoms with E-state index in [1.165, 1.54) is 0 Å². The van der Waals surface area contributed by atoms with Gasteiger partial charge in [-0.1, -0.05) is 12.1 Å². The summed E-state index contributed by atoms with van der Waals surface area (Å²) >= 11 is 0. The number of hydrogen-bond donors (Lipinski definition) is 2. The van der Waals surface area contributed by atoms with Gasteiger partial charge in [-0.15, -0.1) is 0 Å². The molecule has 5 heteroatoms. The largest absolute Gasteiger partial charge is 0.496 e. The highest BCUT2D eigenvalue weighted by Crippen LogP contribution is 2.40. The fraction of sp³-hybridized carbons (Fsp3) is 0.294. The molecule has 0 spiro atoms. The second kappa shape index (κ2) is 5.42. The number of fused-ring (bicyclic) bond motifs is 1. The van der Waals surface area contributed by atoms with Crippen LogP contribution >= 0.6 is 0 Å². The van der Waals surface area contributed by atoms with Crippen LogP contribution in [0.2, 0.25) is 0 Å². The van der Waals surface area contributed by atoms with E-state index in [1.54, 1.807) is 13.3 Å². The summed E-state index contributed by atoms with van der Waals surface area (Å²) in [6.07, 6.45) is 2.95. The quantitative estimate of drug-likeness (QED) is 0.910. The van der Waals surface area contributed by atoms with Crippen LogP contribution in [0.3, 0.4) is 0 Å². The lowest BCUT2D eigenvalue weighted by Crippen LogP contribution is -2.46. The first-order valence-corrected chi connectivity index (χ1v) is 7.24. The van der Waals surface area contributed by atoms with Crippen molar-refractivity contribution in [2.24, 2.45) is 5.73 Å². The third-order valence-corrected chi connectivity index (χ3v) is 4.17. The highest BCUT2D eigenvalue weighted by Gasteiger charge is 2.43. The van der Waals surface area contributed by atoms with Crippen LogP contribution in [0.1, 0.15) is 23.1 Å². The van der Waals surface area contributed by atoms with E-state index in [4.69, 9.17) is 10.5 Å². The number of methoxy groups -OCH3 is 1. The van der Waals surface area contributed by atoms with Gasteiger partial charge in [0.05, 0.1) is 7.11 Å². The Labute approximate surface area is 129 Å². The molecule has 114 valence electrons. The average molecular weight is 297 g/mol. The lowest BCUT2D eigenvalue weighted by atomic mass is 9.92. The minimum absolute atomic E-state index is 0.238. The lowest BCUT2D eigenvalue weighted by molar-refractivity contribution is -0.121. The minimum atomic E-state index is -1.05. The number of benzene rings is 1. The van der Waals surface area contributed by atoms with Crippen molar-refractivity contribution in [1.82, 2.24) is 4.98 Å². The van der Waals surface area contributed by atoms with Crippen molar-refractivity contribution in [2.45, 2.75) is 25.3 Å². The Balaban J connectivity index is 1.91. The van der Waals surface area contributed by atoms with Gasteiger partial charge in [0.2, 0.25) is 5.91 Å². The number of hydrogen-bond acceptors (Lipinski definition) is 4. The first kappa shape index (κ1) is 14.5. The van der Waals surface area contributed by atoms with E-state index in [9.17, 15) is 4.79 Å². The molecule has 0 radical (unpaired) electrons. The van der Waals surface area contributed by atoms with Crippen molar-refractivity contribution in [3.8, 4) is 5.75 Å². The van der Waals surface area contributed by atoms with Crippen LogP contribution in [0.15, 0.2) is 36.5 Å². The first-order chi connectivity index (χ1) is 10.5. The molecule has 1 aromatic carbocycles. The normalized spacial score (nSPS) is 19.6. The number of aromatic nitrogens is 1. The third kappa shape index (κ3) is 2.33. The van der Waals surface area contributed by atoms with E-state index < -0.39 is 5.54 Å². The topological polar surface area (TPSA) is 77.2 Å². The second-order valence-electron chi connectivity index (χ2n) is 5.63. The third-order valence-electron chi connectivity index (χ3n) is 4.17. The summed E-state index contributed by atoms with van der Waals surface area (Å²) in [5, 5.41) is 2.83. The monoisotopic (exact) mass is 297 g/mol. The summed E-state index contributed by atoms with van der Waals surface area (Å²) in [7, 11) is 1.63. The average Bonchev–Trinajstić information content (AvgIpc) is 2.86. The number of carbonyl (C=O) groups is 1. The summed E-state index contributed by atoms with van der Waals surface area (Å²) in [6, 6.07) is 9.35. The second-order valence-corrected chi connectivity index (χ2v) is 5.63. The molecule has 0 fully saturated rings. The summed E-state index contributed by atoms with van der Waals surface area (Å²) in [4.78, 5) is 16.9. The van der Waals surface area contributed by atoms with Crippen LogP contribution < -0.4 is 15.8 Å². The Hall–Kier alpha value is -2.40. The maximum absolute atomic E-state index is 12.7. The van der Waals surface area contributed by atoms with Gasteiger partial charge in [0.25, 0.3) is 0 Å². The van der Waals surface area contributed by atoms with Gasteiger partial charge in [-0.25, -0.2) is 4.98 Å². The molecule has 3 rings (SSSR count). The van der Waals surface area contributed by atoms with Crippen LogP contribution in [-0.2, 0) is 16.8 Å². The molecular weight excluding hydrogens is 278 g/mol. The SMILES string of the molecule is COc1cccc2c1CCC2(N)C(=O)Nc1cc(C)ccn1. The van der Waals surface area contributed by atoms with Crippen LogP contribution in [0.25, 0.3) is 0 Å². The maximum Gasteiger partial charge on any atom is 0.250 e. The molecule has 1 aliphatic carbocycles. The van der Waals surface area contributed by atoms with Crippen molar-refractivity contribution in [3.05, 3.63) is 53.2 Å². The molecule has 0 saturated heterocycles. The fourth-order valence-electron chi connectivity index (χ4n) is 2.96. The molecule has 0 aliphatic heterocycles. The molecule has 1 aromatic heterocycles. The van der Waals surface area contributed by atoms with E-state index in [1.807, 2.05) is 37.3 Å². The van der Waals surface area contributed by atoms with Crippen LogP contribution in [0.5, 0.6) is 5.75 Å². The van der Waals surface area contributed by atoms with Crippen LogP contribution in [0.4, 0.5) is 5.82 Å². The first-order valence-electron chi connectivity index (χ1n) is 7.24. The number of rotatable bonds is 3. The van der Waals surface area contributed by atoms with Crippen molar-refractivity contribution in [2.75, 3.05) is 12.4 Å². The predicted octanol–water partition coefficient (Wildman–Crippen LogP) is 2.14. The van der Waals surface area contributed by atoms with Crippen molar-refractivity contribution >= 4 is 11.7 Å². The summed E-state index contributed by atoms with van der Waals surface area (Å²) in [6.45, 7) is 1.95. The molecule has 22 heavy (non-hydrogen) atoms. The number of anilines is 1. The number of aryl methyl sites for hydroxylation is 1. The van der Waals surface area contributed by atoms with E-state index in [-0.39, 0.29) is 5.91 Å². The number of pyridine rings is 1. The molecule has 2 aromatic rings. The van der Waals surface area contributed by atoms with Gasteiger partial charge >= 0.3 is 0 Å². The Morgan fingerprint density at radius 2 is 2.23 bits per heavy atom. The predicted molar refractivity (Wildman–Crippen MR) is 84.8 cm³/mol. The molecule has 1 heterocycles. The van der Waals surface area contributed by atoms with Gasteiger partial charge in [-0.3, -0.25) is 4.79 Å². The van der Waals surface area contributed by atoms with Gasteiger partial charge in [-0.2, -0.15) is 0 Å². The zero-order valence-electron chi connectivity index (χ0n) is 12.7. The number of amides is 1. The number of ether oxygens (including phenoxy) is 1. The molecule has 1 unspecified atom stereocenters. The summed E-state index contributed by atoms with van der Waals surface area (Å²) in [5.41, 5.74) is 8.26. The number of nitrogens with one attached hydrogen (secondary N) is 1. The Morgan fingerprint density at radius 1 is 1.41 bits per heavy atom. The Morgan fingerprint density at radius 3 is 2.95 bits per heavy atom.